The third kappa shape index (κ3) is 11.8. The minimum absolute atomic E-state index is 0.0495. The lowest BCUT2D eigenvalue weighted by molar-refractivity contribution is -0.154. The second-order valence-electron chi connectivity index (χ2n) is 15.3. The van der Waals surface area contributed by atoms with Crippen LogP contribution < -0.4 is 14.5 Å². The molecule has 0 saturated carbocycles. The molecule has 0 spiro atoms. The van der Waals surface area contributed by atoms with Crippen LogP contribution in [0.1, 0.15) is 62.3 Å². The second kappa shape index (κ2) is 16.5. The summed E-state index contributed by atoms with van der Waals surface area (Å²) in [6, 6.07) is 13.8. The highest BCUT2D eigenvalue weighted by molar-refractivity contribution is 7.92. The van der Waals surface area contributed by atoms with Gasteiger partial charge in [-0.3, -0.25) is 23.4 Å². The first-order chi connectivity index (χ1) is 24.9. The van der Waals surface area contributed by atoms with E-state index in [4.69, 9.17) is 37.4 Å². The molecule has 4 rings (SSSR count). The molecule has 0 radical (unpaired) electrons. The lowest BCUT2D eigenvalue weighted by atomic mass is 10.2. The molecule has 0 aliphatic rings. The van der Waals surface area contributed by atoms with Crippen molar-refractivity contribution >= 4 is 73.7 Å². The summed E-state index contributed by atoms with van der Waals surface area (Å²) in [6.07, 6.45) is 1.09. The fraction of sp³-hybridized carbons (Fsp3) is 0.432. The summed E-state index contributed by atoms with van der Waals surface area (Å²) in [5.74, 6) is -0.563. The van der Waals surface area contributed by atoms with E-state index in [2.05, 4.69) is 15.5 Å². The summed E-state index contributed by atoms with van der Waals surface area (Å²) in [5, 5.41) is 12.5. The summed E-state index contributed by atoms with van der Waals surface area (Å²) in [6.45, 7) is 15.3. The molecule has 2 aromatic heterocycles. The van der Waals surface area contributed by atoms with Crippen LogP contribution in [0.5, 0.6) is 0 Å². The normalized spacial score (nSPS) is 12.4. The minimum atomic E-state index is -4.35. The van der Waals surface area contributed by atoms with E-state index in [0.29, 0.717) is 16.7 Å². The number of halogens is 2. The molecule has 4 aromatic rings. The van der Waals surface area contributed by atoms with Gasteiger partial charge in [0.15, 0.2) is 11.6 Å². The van der Waals surface area contributed by atoms with Crippen molar-refractivity contribution in [2.24, 2.45) is 0 Å². The van der Waals surface area contributed by atoms with Gasteiger partial charge in [-0.2, -0.15) is 0 Å². The molecule has 0 aliphatic heterocycles. The first-order valence-corrected chi connectivity index (χ1v) is 19.2. The zero-order valence-electron chi connectivity index (χ0n) is 31.8. The van der Waals surface area contributed by atoms with E-state index >= 15 is 0 Å². The number of hydrogen-bond acceptors (Lipinski definition) is 11. The standard InChI is InChI=1S/C37H46Cl2N6O8S/c1-35(2,3)51-32(46)22-40-15-17-44(34(48)53-37(7,8)9)31-13-12-30(41-42-31)43-16-14-24-18-27(10-11-29(24)43)45(23-33(47)52-36(4,5)6)54(49,50)28-20-25(38)19-26(39)21-28/h10-14,16,18-21,40H,15,17,22-23H2,1-9H3. The molecule has 54 heavy (non-hydrogen) atoms. The molecular weight excluding hydrogens is 759 g/mol. The number of aromatic nitrogens is 3. The number of amides is 1. The lowest BCUT2D eigenvalue weighted by Crippen LogP contribution is -2.42. The minimum Gasteiger partial charge on any atom is -0.459 e. The predicted molar refractivity (Wildman–Crippen MR) is 208 cm³/mol. The van der Waals surface area contributed by atoms with Crippen molar-refractivity contribution in [1.82, 2.24) is 20.1 Å². The molecule has 0 aliphatic carbocycles. The van der Waals surface area contributed by atoms with Gasteiger partial charge in [0.1, 0.15) is 23.3 Å². The van der Waals surface area contributed by atoms with E-state index in [-0.39, 0.29) is 46.1 Å². The maximum Gasteiger partial charge on any atom is 0.416 e. The zero-order valence-corrected chi connectivity index (χ0v) is 34.1. The van der Waals surface area contributed by atoms with Crippen molar-refractivity contribution < 1.29 is 37.0 Å². The molecular formula is C37H46Cl2N6O8S. The fourth-order valence-electron chi connectivity index (χ4n) is 5.06. The number of fused-ring (bicyclic) bond motifs is 1. The van der Waals surface area contributed by atoms with Crippen LogP contribution in [0, 0.1) is 0 Å². The van der Waals surface area contributed by atoms with Gasteiger partial charge in [-0.1, -0.05) is 23.2 Å². The number of ether oxygens (including phenoxy) is 3. The summed E-state index contributed by atoms with van der Waals surface area (Å²) in [5.41, 5.74) is -1.42. The highest BCUT2D eigenvalue weighted by Gasteiger charge is 2.31. The van der Waals surface area contributed by atoms with E-state index in [0.717, 1.165) is 4.31 Å². The molecule has 2 aromatic carbocycles. The number of esters is 2. The number of carbonyl (C=O) groups excluding carboxylic acids is 3. The summed E-state index contributed by atoms with van der Waals surface area (Å²) in [7, 11) is -4.35. The molecule has 2 heterocycles. The van der Waals surface area contributed by atoms with Crippen LogP contribution in [0.25, 0.3) is 16.7 Å². The van der Waals surface area contributed by atoms with Crippen molar-refractivity contribution in [2.75, 3.05) is 35.4 Å². The third-order valence-electron chi connectivity index (χ3n) is 7.05. The van der Waals surface area contributed by atoms with Crippen LogP contribution in [0.2, 0.25) is 10.0 Å². The molecule has 0 unspecified atom stereocenters. The van der Waals surface area contributed by atoms with Crippen molar-refractivity contribution in [3.63, 3.8) is 0 Å². The van der Waals surface area contributed by atoms with Crippen LogP contribution in [-0.4, -0.2) is 84.2 Å². The topological polar surface area (TPSA) is 162 Å². The number of anilines is 2. The maximum atomic E-state index is 14.0. The van der Waals surface area contributed by atoms with Gasteiger partial charge >= 0.3 is 18.0 Å². The van der Waals surface area contributed by atoms with Crippen molar-refractivity contribution in [1.29, 1.82) is 0 Å². The smallest absolute Gasteiger partial charge is 0.416 e. The Hall–Kier alpha value is -4.44. The average molecular weight is 806 g/mol. The van der Waals surface area contributed by atoms with E-state index in [1.54, 1.807) is 109 Å². The molecule has 0 fully saturated rings. The van der Waals surface area contributed by atoms with Gasteiger partial charge in [-0.15, -0.1) is 10.2 Å². The van der Waals surface area contributed by atoms with Gasteiger partial charge in [-0.05, 0) is 117 Å². The number of nitrogens with zero attached hydrogens (tertiary/aromatic N) is 5. The maximum absolute atomic E-state index is 14.0. The van der Waals surface area contributed by atoms with Gasteiger partial charge in [0.05, 0.1) is 22.6 Å². The van der Waals surface area contributed by atoms with E-state index in [1.165, 1.54) is 23.1 Å². The fourth-order valence-corrected chi connectivity index (χ4v) is 7.19. The summed E-state index contributed by atoms with van der Waals surface area (Å²) < 4.78 is 47.1. The van der Waals surface area contributed by atoms with Crippen LogP contribution in [0.3, 0.4) is 0 Å². The van der Waals surface area contributed by atoms with Crippen LogP contribution in [0.15, 0.2) is 65.7 Å². The number of hydrogen-bond donors (Lipinski definition) is 1. The van der Waals surface area contributed by atoms with Gasteiger partial charge in [0, 0.05) is 34.7 Å². The number of carbonyl (C=O) groups is 3. The Labute approximate surface area is 325 Å². The van der Waals surface area contributed by atoms with Gasteiger partial charge in [0.2, 0.25) is 0 Å². The highest BCUT2D eigenvalue weighted by Crippen LogP contribution is 2.32. The Morgan fingerprint density at radius 2 is 1.39 bits per heavy atom. The zero-order chi connectivity index (χ0) is 40.2. The number of benzene rings is 2. The molecule has 0 bridgehead atoms. The SMILES string of the molecule is CC(C)(C)OC(=O)CNCCN(C(=O)OC(C)(C)C)c1ccc(-n2ccc3cc(N(CC(=O)OC(C)(C)C)S(=O)(=O)c4cc(Cl)cc(Cl)c4)ccc32)nn1. The summed E-state index contributed by atoms with van der Waals surface area (Å²) in [4.78, 5) is 39.4. The first kappa shape index (κ1) is 42.3. The number of nitrogens with one attached hydrogen (secondary N) is 1. The van der Waals surface area contributed by atoms with Gasteiger partial charge in [-0.25, -0.2) is 13.2 Å². The summed E-state index contributed by atoms with van der Waals surface area (Å²) >= 11 is 12.3. The third-order valence-corrected chi connectivity index (χ3v) is 9.24. The number of rotatable bonds is 12. The Morgan fingerprint density at radius 3 is 1.96 bits per heavy atom. The largest absolute Gasteiger partial charge is 0.459 e. The molecule has 1 N–H and O–H groups in total. The second-order valence-corrected chi connectivity index (χ2v) is 18.0. The molecule has 0 saturated heterocycles. The molecule has 292 valence electrons. The van der Waals surface area contributed by atoms with E-state index in [1.807, 2.05) is 0 Å². The Kier molecular flexibility index (Phi) is 12.9. The first-order valence-electron chi connectivity index (χ1n) is 17.0. The average Bonchev–Trinajstić information content (AvgIpc) is 3.44. The van der Waals surface area contributed by atoms with Crippen molar-refractivity contribution in [3.05, 3.63) is 70.8 Å². The lowest BCUT2D eigenvalue weighted by Gasteiger charge is -2.27. The van der Waals surface area contributed by atoms with Crippen LogP contribution in [0.4, 0.5) is 16.3 Å². The van der Waals surface area contributed by atoms with Crippen molar-refractivity contribution in [3.8, 4) is 5.82 Å². The van der Waals surface area contributed by atoms with Crippen LogP contribution >= 0.6 is 23.2 Å². The van der Waals surface area contributed by atoms with E-state index in [9.17, 15) is 22.8 Å². The van der Waals surface area contributed by atoms with Crippen LogP contribution in [-0.2, 0) is 33.8 Å². The van der Waals surface area contributed by atoms with Gasteiger partial charge < -0.3 is 19.5 Å². The molecule has 17 heteroatoms. The Balaban J connectivity index is 1.63. The van der Waals surface area contributed by atoms with Gasteiger partial charge in [0.25, 0.3) is 10.0 Å². The van der Waals surface area contributed by atoms with E-state index < -0.39 is 51.4 Å². The highest BCUT2D eigenvalue weighted by atomic mass is 35.5. The van der Waals surface area contributed by atoms with Crippen molar-refractivity contribution in [2.45, 2.75) is 84.0 Å². The molecule has 14 nitrogen and oxygen atoms in total. The molecule has 1 amide bonds. The molecule has 0 atom stereocenters. The quantitative estimate of drug-likeness (QED) is 0.0897. The monoisotopic (exact) mass is 804 g/mol. The number of sulfonamides is 1. The Bertz CT molecular complexity index is 2080. The predicted octanol–water partition coefficient (Wildman–Crippen LogP) is 6.94. The Morgan fingerprint density at radius 1 is 0.778 bits per heavy atom.